The first-order valence-electron chi connectivity index (χ1n) is 7.75. The zero-order valence-electron chi connectivity index (χ0n) is 14.0. The second kappa shape index (κ2) is 8.54. The molecule has 0 spiro atoms. The number of ether oxygens (including phenoxy) is 1. The number of nitrogens with one attached hydrogen (secondary N) is 1. The molecule has 1 aliphatic rings. The van der Waals surface area contributed by atoms with Gasteiger partial charge >= 0.3 is 0 Å². The van der Waals surface area contributed by atoms with Crippen LogP contribution in [-0.4, -0.2) is 39.5 Å². The molecule has 1 aliphatic heterocycles. The highest BCUT2D eigenvalue weighted by molar-refractivity contribution is 7.89. The fraction of sp³-hybridized carbons (Fsp3) is 0.294. The monoisotopic (exact) mass is 420 g/mol. The average molecular weight is 421 g/mol. The van der Waals surface area contributed by atoms with Crippen molar-refractivity contribution in [3.05, 3.63) is 58.9 Å². The highest BCUT2D eigenvalue weighted by atomic mass is 35.5. The summed E-state index contributed by atoms with van der Waals surface area (Å²) in [7, 11) is -2.42. The number of hydrogen-bond donors (Lipinski definition) is 1. The first-order chi connectivity index (χ1) is 11.9. The molecule has 0 saturated carbocycles. The van der Waals surface area contributed by atoms with Crippen molar-refractivity contribution in [2.75, 3.05) is 26.7 Å². The predicted octanol–water partition coefficient (Wildman–Crippen LogP) is 3.24. The molecule has 142 valence electrons. The number of benzene rings is 2. The van der Waals surface area contributed by atoms with Crippen LogP contribution in [0.2, 0.25) is 5.02 Å². The molecule has 3 rings (SSSR count). The van der Waals surface area contributed by atoms with Gasteiger partial charge in [-0.2, -0.15) is 4.31 Å². The van der Waals surface area contributed by atoms with E-state index in [1.807, 2.05) is 0 Å². The van der Waals surface area contributed by atoms with Crippen LogP contribution in [0.5, 0.6) is 5.75 Å². The Kier molecular flexibility index (Phi) is 6.87. The van der Waals surface area contributed by atoms with Crippen molar-refractivity contribution in [2.24, 2.45) is 0 Å². The SMILES string of the molecule is COc1ccc(Cl)c(S(=O)(=O)N2CCNCC2c2cccc(F)c2)c1.Cl. The smallest absolute Gasteiger partial charge is 0.245 e. The van der Waals surface area contributed by atoms with Gasteiger partial charge in [0.15, 0.2) is 0 Å². The van der Waals surface area contributed by atoms with Gasteiger partial charge in [0, 0.05) is 25.7 Å². The van der Waals surface area contributed by atoms with Crippen LogP contribution in [0.4, 0.5) is 4.39 Å². The molecule has 1 N–H and O–H groups in total. The number of rotatable bonds is 4. The molecule has 1 unspecified atom stereocenters. The van der Waals surface area contributed by atoms with Crippen molar-refractivity contribution in [3.63, 3.8) is 0 Å². The summed E-state index contributed by atoms with van der Waals surface area (Å²) in [5, 5.41) is 3.28. The Morgan fingerprint density at radius 1 is 1.27 bits per heavy atom. The van der Waals surface area contributed by atoms with Crippen LogP contribution in [0, 0.1) is 5.82 Å². The largest absolute Gasteiger partial charge is 0.497 e. The van der Waals surface area contributed by atoms with Gasteiger partial charge in [0.25, 0.3) is 0 Å². The fourth-order valence-corrected chi connectivity index (χ4v) is 5.01. The van der Waals surface area contributed by atoms with Gasteiger partial charge in [-0.05, 0) is 29.8 Å². The Morgan fingerprint density at radius 3 is 2.73 bits per heavy atom. The minimum Gasteiger partial charge on any atom is -0.497 e. The highest BCUT2D eigenvalue weighted by Gasteiger charge is 2.35. The third-order valence-electron chi connectivity index (χ3n) is 4.15. The van der Waals surface area contributed by atoms with Crippen LogP contribution in [0.15, 0.2) is 47.4 Å². The summed E-state index contributed by atoms with van der Waals surface area (Å²) in [5.74, 6) is 0.000231. The molecule has 0 amide bonds. The minimum atomic E-state index is -3.88. The summed E-state index contributed by atoms with van der Waals surface area (Å²) in [6.45, 7) is 1.16. The summed E-state index contributed by atoms with van der Waals surface area (Å²) in [6, 6.07) is 9.96. The van der Waals surface area contributed by atoms with E-state index >= 15 is 0 Å². The molecule has 0 aliphatic carbocycles. The Hall–Kier alpha value is -1.38. The minimum absolute atomic E-state index is 0. The number of hydrogen-bond acceptors (Lipinski definition) is 4. The molecular formula is C17H19Cl2FN2O3S. The molecular weight excluding hydrogens is 402 g/mol. The van der Waals surface area contributed by atoms with Crippen molar-refractivity contribution in [1.82, 2.24) is 9.62 Å². The van der Waals surface area contributed by atoms with E-state index in [2.05, 4.69) is 5.32 Å². The van der Waals surface area contributed by atoms with E-state index in [0.29, 0.717) is 24.4 Å². The number of sulfonamides is 1. The second-order valence-electron chi connectivity index (χ2n) is 5.69. The van der Waals surface area contributed by atoms with Crippen LogP contribution in [0.1, 0.15) is 11.6 Å². The van der Waals surface area contributed by atoms with Gasteiger partial charge in [-0.25, -0.2) is 12.8 Å². The molecule has 9 heteroatoms. The van der Waals surface area contributed by atoms with Crippen LogP contribution >= 0.6 is 24.0 Å². The van der Waals surface area contributed by atoms with Gasteiger partial charge in [0.1, 0.15) is 16.5 Å². The summed E-state index contributed by atoms with van der Waals surface area (Å²) in [4.78, 5) is -0.0168. The van der Waals surface area contributed by atoms with Gasteiger partial charge in [-0.15, -0.1) is 12.4 Å². The summed E-state index contributed by atoms with van der Waals surface area (Å²) >= 11 is 6.14. The Labute approximate surface area is 163 Å². The Bertz CT molecular complexity index is 880. The molecule has 0 aromatic heterocycles. The van der Waals surface area contributed by atoms with E-state index in [1.54, 1.807) is 18.2 Å². The predicted molar refractivity (Wildman–Crippen MR) is 101 cm³/mol. The summed E-state index contributed by atoms with van der Waals surface area (Å²) in [5.41, 5.74) is 0.592. The van der Waals surface area contributed by atoms with E-state index < -0.39 is 21.9 Å². The van der Waals surface area contributed by atoms with Crippen molar-refractivity contribution >= 4 is 34.0 Å². The zero-order valence-corrected chi connectivity index (χ0v) is 16.4. The lowest BCUT2D eigenvalue weighted by atomic mass is 10.1. The molecule has 2 aromatic rings. The molecule has 0 bridgehead atoms. The summed E-state index contributed by atoms with van der Waals surface area (Å²) < 4.78 is 46.5. The first kappa shape index (κ1) is 20.9. The average Bonchev–Trinajstić information content (AvgIpc) is 2.62. The maximum absolute atomic E-state index is 13.6. The number of piperazine rings is 1. The highest BCUT2D eigenvalue weighted by Crippen LogP contribution is 2.34. The van der Waals surface area contributed by atoms with Gasteiger partial charge in [-0.3, -0.25) is 0 Å². The molecule has 1 saturated heterocycles. The van der Waals surface area contributed by atoms with E-state index in [0.717, 1.165) is 0 Å². The van der Waals surface area contributed by atoms with Crippen molar-refractivity contribution < 1.29 is 17.5 Å². The van der Waals surface area contributed by atoms with Crippen molar-refractivity contribution in [1.29, 1.82) is 0 Å². The Morgan fingerprint density at radius 2 is 2.04 bits per heavy atom. The Balaban J connectivity index is 0.00000243. The zero-order chi connectivity index (χ0) is 18.0. The van der Waals surface area contributed by atoms with Gasteiger partial charge in [-0.1, -0.05) is 23.7 Å². The third kappa shape index (κ3) is 4.13. The maximum Gasteiger partial charge on any atom is 0.245 e. The lowest BCUT2D eigenvalue weighted by Crippen LogP contribution is -2.48. The maximum atomic E-state index is 13.6. The van der Waals surface area contributed by atoms with Crippen molar-refractivity contribution in [3.8, 4) is 5.75 Å². The van der Waals surface area contributed by atoms with Crippen LogP contribution in [-0.2, 0) is 10.0 Å². The van der Waals surface area contributed by atoms with E-state index in [1.165, 1.54) is 35.7 Å². The number of halogens is 3. The molecule has 1 fully saturated rings. The van der Waals surface area contributed by atoms with E-state index in [9.17, 15) is 12.8 Å². The van der Waals surface area contributed by atoms with Gasteiger partial charge in [0.05, 0.1) is 18.2 Å². The molecule has 1 atom stereocenters. The fourth-order valence-electron chi connectivity index (χ4n) is 2.91. The molecule has 0 radical (unpaired) electrons. The van der Waals surface area contributed by atoms with Crippen LogP contribution < -0.4 is 10.1 Å². The van der Waals surface area contributed by atoms with Gasteiger partial charge < -0.3 is 10.1 Å². The standard InChI is InChI=1S/C17H18ClFN2O3S.ClH/c1-24-14-5-6-15(18)17(10-14)25(22,23)21-8-7-20-11-16(21)12-3-2-4-13(19)9-12;/h2-6,9-10,16,20H,7-8,11H2,1H3;1H. The van der Waals surface area contributed by atoms with Crippen LogP contribution in [0.3, 0.4) is 0 Å². The molecule has 5 nitrogen and oxygen atoms in total. The van der Waals surface area contributed by atoms with Gasteiger partial charge in [0.2, 0.25) is 10.0 Å². The van der Waals surface area contributed by atoms with E-state index in [4.69, 9.17) is 16.3 Å². The third-order valence-corrected chi connectivity index (χ3v) is 6.54. The normalized spacial score (nSPS) is 18.2. The first-order valence-corrected chi connectivity index (χ1v) is 9.57. The number of nitrogens with zero attached hydrogens (tertiary/aromatic N) is 1. The second-order valence-corrected chi connectivity index (χ2v) is 7.95. The molecule has 26 heavy (non-hydrogen) atoms. The van der Waals surface area contributed by atoms with Crippen LogP contribution in [0.25, 0.3) is 0 Å². The topological polar surface area (TPSA) is 58.6 Å². The van der Waals surface area contributed by atoms with E-state index in [-0.39, 0.29) is 28.9 Å². The lowest BCUT2D eigenvalue weighted by molar-refractivity contribution is 0.271. The lowest BCUT2D eigenvalue weighted by Gasteiger charge is -2.35. The molecule has 2 aromatic carbocycles. The molecule has 1 heterocycles. The summed E-state index contributed by atoms with van der Waals surface area (Å²) in [6.07, 6.45) is 0. The quantitative estimate of drug-likeness (QED) is 0.824. The van der Waals surface area contributed by atoms with Crippen molar-refractivity contribution in [2.45, 2.75) is 10.9 Å². The number of methoxy groups -OCH3 is 1.